The highest BCUT2D eigenvalue weighted by Gasteiger charge is 2.23. The first-order valence-corrected chi connectivity index (χ1v) is 7.14. The fourth-order valence-corrected chi connectivity index (χ4v) is 2.55. The number of hydrogen-bond acceptors (Lipinski definition) is 4. The predicted octanol–water partition coefficient (Wildman–Crippen LogP) is 2.30. The van der Waals surface area contributed by atoms with Crippen LogP contribution in [-0.2, 0) is 9.59 Å². The molecule has 0 saturated carbocycles. The van der Waals surface area contributed by atoms with Gasteiger partial charge in [0.1, 0.15) is 11.0 Å². The van der Waals surface area contributed by atoms with Crippen LogP contribution in [0.2, 0.25) is 0 Å². The zero-order valence-electron chi connectivity index (χ0n) is 11.3. The Kier molecular flexibility index (Phi) is 5.95. The lowest BCUT2D eigenvalue weighted by molar-refractivity contribution is -0.137. The molecule has 0 aliphatic rings. The van der Waals surface area contributed by atoms with E-state index in [-0.39, 0.29) is 23.6 Å². The minimum atomic E-state index is -0.883. The molecule has 0 bridgehead atoms. The number of rotatable bonds is 7. The Bertz CT molecular complexity index is 416. The van der Waals surface area contributed by atoms with Crippen molar-refractivity contribution in [2.75, 3.05) is 5.75 Å². The number of carboxylic acid groups (broad SMARTS) is 1. The lowest BCUT2D eigenvalue weighted by Gasteiger charge is -2.16. The average Bonchev–Trinajstić information content (AvgIpc) is 2.81. The number of carbonyl (C=O) groups excluding carboxylic acids is 1. The Morgan fingerprint density at radius 1 is 1.42 bits per heavy atom. The van der Waals surface area contributed by atoms with Crippen molar-refractivity contribution in [1.29, 1.82) is 0 Å². The van der Waals surface area contributed by atoms with Crippen molar-refractivity contribution in [2.45, 2.75) is 32.1 Å². The van der Waals surface area contributed by atoms with Gasteiger partial charge in [0.25, 0.3) is 0 Å². The van der Waals surface area contributed by atoms with Gasteiger partial charge in [0.2, 0.25) is 5.91 Å². The quantitative estimate of drug-likeness (QED) is 0.803. The molecule has 1 aromatic heterocycles. The summed E-state index contributed by atoms with van der Waals surface area (Å²) in [6.45, 7) is 5.48. The number of furan rings is 1. The summed E-state index contributed by atoms with van der Waals surface area (Å²) in [5.74, 6) is -0.289. The summed E-state index contributed by atoms with van der Waals surface area (Å²) in [6.07, 6.45) is 1.55. The number of carboxylic acids is 1. The summed E-state index contributed by atoms with van der Waals surface area (Å²) in [5, 5.41) is 11.2. The summed E-state index contributed by atoms with van der Waals surface area (Å²) in [7, 11) is 0. The van der Waals surface area contributed by atoms with Gasteiger partial charge in [0.15, 0.2) is 0 Å². The Morgan fingerprint density at radius 2 is 2.11 bits per heavy atom. The van der Waals surface area contributed by atoms with Crippen LogP contribution in [0, 0.1) is 5.92 Å². The first kappa shape index (κ1) is 15.6. The lowest BCUT2D eigenvalue weighted by Crippen LogP contribution is -2.31. The molecule has 0 radical (unpaired) electrons. The van der Waals surface area contributed by atoms with E-state index < -0.39 is 11.2 Å². The molecular weight excluding hydrogens is 266 g/mol. The largest absolute Gasteiger partial charge is 0.480 e. The van der Waals surface area contributed by atoms with Gasteiger partial charge < -0.3 is 14.8 Å². The molecule has 0 spiro atoms. The van der Waals surface area contributed by atoms with Crippen molar-refractivity contribution in [3.63, 3.8) is 0 Å². The van der Waals surface area contributed by atoms with E-state index in [0.29, 0.717) is 5.76 Å². The SMILES string of the molecule is CC(NC(=O)CSC(C(=O)O)C(C)C)c1ccco1. The first-order valence-electron chi connectivity index (χ1n) is 6.09. The van der Waals surface area contributed by atoms with Crippen LogP contribution in [0.5, 0.6) is 0 Å². The maximum atomic E-state index is 11.7. The van der Waals surface area contributed by atoms with Crippen LogP contribution < -0.4 is 5.32 Å². The number of carbonyl (C=O) groups is 2. The highest BCUT2D eigenvalue weighted by atomic mass is 32.2. The van der Waals surface area contributed by atoms with Gasteiger partial charge in [-0.1, -0.05) is 13.8 Å². The highest BCUT2D eigenvalue weighted by molar-refractivity contribution is 8.01. The summed E-state index contributed by atoms with van der Waals surface area (Å²) >= 11 is 1.14. The molecule has 6 heteroatoms. The van der Waals surface area contributed by atoms with E-state index in [1.165, 1.54) is 0 Å². The summed E-state index contributed by atoms with van der Waals surface area (Å²) in [6, 6.07) is 3.32. The normalized spacial score (nSPS) is 14.1. The van der Waals surface area contributed by atoms with E-state index in [2.05, 4.69) is 5.32 Å². The molecule has 106 valence electrons. The van der Waals surface area contributed by atoms with E-state index in [0.717, 1.165) is 11.8 Å². The van der Waals surface area contributed by atoms with Gasteiger partial charge in [0, 0.05) is 0 Å². The standard InChI is InChI=1S/C13H19NO4S/c1-8(2)12(13(16)17)19-7-11(15)14-9(3)10-5-4-6-18-10/h4-6,8-9,12H,7H2,1-3H3,(H,14,15)(H,16,17). The average molecular weight is 285 g/mol. The van der Waals surface area contributed by atoms with Crippen LogP contribution >= 0.6 is 11.8 Å². The maximum Gasteiger partial charge on any atom is 0.316 e. The second kappa shape index (κ2) is 7.23. The molecule has 1 aromatic rings. The molecule has 1 amide bonds. The molecule has 2 atom stereocenters. The molecule has 1 heterocycles. The van der Waals surface area contributed by atoms with Gasteiger partial charge in [-0.2, -0.15) is 0 Å². The molecule has 0 aliphatic heterocycles. The van der Waals surface area contributed by atoms with Gasteiger partial charge in [-0.15, -0.1) is 11.8 Å². The molecular formula is C13H19NO4S. The van der Waals surface area contributed by atoms with E-state index in [1.807, 2.05) is 20.8 Å². The van der Waals surface area contributed by atoms with E-state index in [4.69, 9.17) is 9.52 Å². The zero-order valence-corrected chi connectivity index (χ0v) is 12.1. The van der Waals surface area contributed by atoms with E-state index in [9.17, 15) is 9.59 Å². The highest BCUT2D eigenvalue weighted by Crippen LogP contribution is 2.20. The molecule has 5 nitrogen and oxygen atoms in total. The summed E-state index contributed by atoms with van der Waals surface area (Å²) in [4.78, 5) is 22.7. The number of aliphatic carboxylic acids is 1. The smallest absolute Gasteiger partial charge is 0.316 e. The lowest BCUT2D eigenvalue weighted by atomic mass is 10.1. The van der Waals surface area contributed by atoms with Crippen LogP contribution in [0.15, 0.2) is 22.8 Å². The molecule has 1 rings (SSSR count). The summed E-state index contributed by atoms with van der Waals surface area (Å²) in [5.41, 5.74) is 0. The van der Waals surface area contributed by atoms with Gasteiger partial charge in [-0.3, -0.25) is 9.59 Å². The molecule has 19 heavy (non-hydrogen) atoms. The van der Waals surface area contributed by atoms with Crippen LogP contribution in [-0.4, -0.2) is 28.0 Å². The zero-order chi connectivity index (χ0) is 14.4. The molecule has 0 aromatic carbocycles. The van der Waals surface area contributed by atoms with E-state index >= 15 is 0 Å². The third-order valence-corrected chi connectivity index (χ3v) is 4.12. The second-order valence-corrected chi connectivity index (χ2v) is 5.75. The van der Waals surface area contributed by atoms with Crippen molar-refractivity contribution in [3.05, 3.63) is 24.2 Å². The van der Waals surface area contributed by atoms with Crippen LogP contribution in [0.1, 0.15) is 32.6 Å². The van der Waals surface area contributed by atoms with Gasteiger partial charge in [-0.25, -0.2) is 0 Å². The Labute approximate surface area is 116 Å². The molecule has 0 fully saturated rings. The number of thioether (sulfide) groups is 1. The molecule has 0 aliphatic carbocycles. The Balaban J connectivity index is 2.41. The maximum absolute atomic E-state index is 11.7. The molecule has 0 saturated heterocycles. The monoisotopic (exact) mass is 285 g/mol. The third-order valence-electron chi connectivity index (χ3n) is 2.59. The number of hydrogen-bond donors (Lipinski definition) is 2. The van der Waals surface area contributed by atoms with Crippen LogP contribution in [0.25, 0.3) is 0 Å². The summed E-state index contributed by atoms with van der Waals surface area (Å²) < 4.78 is 5.18. The van der Waals surface area contributed by atoms with Crippen molar-refractivity contribution in [1.82, 2.24) is 5.32 Å². The minimum absolute atomic E-state index is 0.0159. The van der Waals surface area contributed by atoms with Crippen molar-refractivity contribution in [3.8, 4) is 0 Å². The molecule has 2 unspecified atom stereocenters. The molecule has 2 N–H and O–H groups in total. The first-order chi connectivity index (χ1) is 8.91. The van der Waals surface area contributed by atoms with E-state index in [1.54, 1.807) is 18.4 Å². The van der Waals surface area contributed by atoms with Crippen molar-refractivity contribution in [2.24, 2.45) is 5.92 Å². The van der Waals surface area contributed by atoms with Crippen molar-refractivity contribution < 1.29 is 19.1 Å². The fraction of sp³-hybridized carbons (Fsp3) is 0.538. The topological polar surface area (TPSA) is 79.5 Å². The Morgan fingerprint density at radius 3 is 2.58 bits per heavy atom. The van der Waals surface area contributed by atoms with Gasteiger partial charge in [0.05, 0.1) is 18.1 Å². The van der Waals surface area contributed by atoms with Crippen LogP contribution in [0.4, 0.5) is 0 Å². The number of amides is 1. The van der Waals surface area contributed by atoms with Gasteiger partial charge in [-0.05, 0) is 25.0 Å². The minimum Gasteiger partial charge on any atom is -0.480 e. The second-order valence-electron chi connectivity index (χ2n) is 4.62. The van der Waals surface area contributed by atoms with Crippen LogP contribution in [0.3, 0.4) is 0 Å². The Hall–Kier alpha value is -1.43. The fourth-order valence-electron chi connectivity index (χ4n) is 1.61. The number of nitrogens with one attached hydrogen (secondary N) is 1. The predicted molar refractivity (Wildman–Crippen MR) is 74.0 cm³/mol. The van der Waals surface area contributed by atoms with Gasteiger partial charge >= 0.3 is 5.97 Å². The van der Waals surface area contributed by atoms with Crippen molar-refractivity contribution >= 4 is 23.6 Å². The third kappa shape index (κ3) is 4.98.